The lowest BCUT2D eigenvalue weighted by molar-refractivity contribution is 0.0946. The first-order valence-corrected chi connectivity index (χ1v) is 10.3. The van der Waals surface area contributed by atoms with Crippen molar-refractivity contribution in [2.24, 2.45) is 0 Å². The number of ether oxygens (including phenoxy) is 1. The summed E-state index contributed by atoms with van der Waals surface area (Å²) in [4.78, 5) is 30.3. The molecule has 1 aromatic heterocycles. The minimum atomic E-state index is -0.499. The number of nitrogens with zero attached hydrogens (tertiary/aromatic N) is 2. The smallest absolute Gasteiger partial charge is 0.410 e. The second-order valence-corrected chi connectivity index (χ2v) is 7.82. The number of piperidine rings is 1. The molecule has 152 valence electrons. The van der Waals surface area contributed by atoms with E-state index < -0.39 is 11.9 Å². The molecule has 2 amide bonds. The van der Waals surface area contributed by atoms with Crippen molar-refractivity contribution in [1.82, 2.24) is 15.2 Å². The van der Waals surface area contributed by atoms with Crippen molar-refractivity contribution < 1.29 is 18.7 Å². The highest BCUT2D eigenvalue weighted by Gasteiger charge is 2.27. The summed E-state index contributed by atoms with van der Waals surface area (Å²) in [6.45, 7) is 1.30. The van der Waals surface area contributed by atoms with Crippen molar-refractivity contribution in [3.8, 4) is 12.3 Å². The standard InChI is InChI=1S/C20H19ClFN3O3S/c1-2-9-28-20(27)25-7-5-14(6-8-25)19-24-17(12-29-19)18(26)23-11-13-3-4-16(22)15(21)10-13/h1,3-4,10,12,14H,5-9,11H2,(H,23,26). The molecule has 0 bridgehead atoms. The Hall–Kier alpha value is -2.63. The van der Waals surface area contributed by atoms with Gasteiger partial charge in [-0.15, -0.1) is 17.8 Å². The topological polar surface area (TPSA) is 71.5 Å². The maximum Gasteiger partial charge on any atom is 0.410 e. The fourth-order valence-electron chi connectivity index (χ4n) is 3.01. The fraction of sp³-hybridized carbons (Fsp3) is 0.350. The van der Waals surface area contributed by atoms with E-state index in [1.165, 1.54) is 23.5 Å². The van der Waals surface area contributed by atoms with Crippen LogP contribution in [0.5, 0.6) is 0 Å². The SMILES string of the molecule is C#CCOC(=O)N1CCC(c2nc(C(=O)NCc3ccc(F)c(Cl)c3)cs2)CC1. The maximum absolute atomic E-state index is 13.2. The molecule has 0 radical (unpaired) electrons. The summed E-state index contributed by atoms with van der Waals surface area (Å²) < 4.78 is 18.1. The lowest BCUT2D eigenvalue weighted by Gasteiger charge is -2.30. The van der Waals surface area contributed by atoms with Gasteiger partial charge >= 0.3 is 6.09 Å². The molecule has 0 unspecified atom stereocenters. The van der Waals surface area contributed by atoms with Crippen molar-refractivity contribution >= 4 is 34.9 Å². The highest BCUT2D eigenvalue weighted by Crippen LogP contribution is 2.30. The van der Waals surface area contributed by atoms with Crippen LogP contribution in [0.3, 0.4) is 0 Å². The van der Waals surface area contributed by atoms with Crippen molar-refractivity contribution in [3.63, 3.8) is 0 Å². The summed E-state index contributed by atoms with van der Waals surface area (Å²) >= 11 is 7.18. The molecule has 0 atom stereocenters. The highest BCUT2D eigenvalue weighted by molar-refractivity contribution is 7.09. The van der Waals surface area contributed by atoms with Gasteiger partial charge in [0.15, 0.2) is 6.61 Å². The molecule has 1 aromatic carbocycles. The Morgan fingerprint density at radius 3 is 2.86 bits per heavy atom. The molecule has 2 heterocycles. The summed E-state index contributed by atoms with van der Waals surface area (Å²) in [6.07, 6.45) is 6.18. The van der Waals surface area contributed by atoms with Crippen molar-refractivity contribution in [1.29, 1.82) is 0 Å². The number of benzene rings is 1. The van der Waals surface area contributed by atoms with Gasteiger partial charge in [0, 0.05) is 30.9 Å². The zero-order valence-corrected chi connectivity index (χ0v) is 17.1. The zero-order chi connectivity index (χ0) is 20.8. The number of aromatic nitrogens is 1. The van der Waals surface area contributed by atoms with Crippen LogP contribution < -0.4 is 5.32 Å². The predicted molar refractivity (Wildman–Crippen MR) is 108 cm³/mol. The molecule has 1 saturated heterocycles. The van der Waals surface area contributed by atoms with Crippen LogP contribution in [-0.2, 0) is 11.3 Å². The first-order chi connectivity index (χ1) is 14.0. The van der Waals surface area contributed by atoms with Gasteiger partial charge in [0.25, 0.3) is 5.91 Å². The molecular weight excluding hydrogens is 417 g/mol. The van der Waals surface area contributed by atoms with Gasteiger partial charge in [0.2, 0.25) is 0 Å². The van der Waals surface area contributed by atoms with E-state index in [0.29, 0.717) is 24.3 Å². The fourth-order valence-corrected chi connectivity index (χ4v) is 4.18. The van der Waals surface area contributed by atoms with Gasteiger partial charge in [-0.25, -0.2) is 14.2 Å². The van der Waals surface area contributed by atoms with Gasteiger partial charge in [0.1, 0.15) is 11.5 Å². The second kappa shape index (κ2) is 9.72. The van der Waals surface area contributed by atoms with Crippen LogP contribution in [0.25, 0.3) is 0 Å². The highest BCUT2D eigenvalue weighted by atomic mass is 35.5. The van der Waals surface area contributed by atoms with E-state index in [9.17, 15) is 14.0 Å². The van der Waals surface area contributed by atoms with E-state index in [1.54, 1.807) is 16.3 Å². The van der Waals surface area contributed by atoms with E-state index in [0.717, 1.165) is 17.8 Å². The number of thiazole rings is 1. The Balaban J connectivity index is 1.51. The number of hydrogen-bond donors (Lipinski definition) is 1. The van der Waals surface area contributed by atoms with Gasteiger partial charge in [-0.1, -0.05) is 23.6 Å². The van der Waals surface area contributed by atoms with Gasteiger partial charge < -0.3 is 15.0 Å². The van der Waals surface area contributed by atoms with Gasteiger partial charge in [-0.2, -0.15) is 0 Å². The number of carbonyl (C=O) groups is 2. The third kappa shape index (κ3) is 5.46. The van der Waals surface area contributed by atoms with E-state index in [1.807, 2.05) is 0 Å². The Morgan fingerprint density at radius 2 is 2.17 bits per heavy atom. The summed E-state index contributed by atoms with van der Waals surface area (Å²) in [7, 11) is 0. The van der Waals surface area contributed by atoms with Crippen LogP contribution in [-0.4, -0.2) is 41.6 Å². The number of hydrogen-bond acceptors (Lipinski definition) is 5. The molecular formula is C20H19ClFN3O3S. The quantitative estimate of drug-likeness (QED) is 0.725. The number of carbonyl (C=O) groups excluding carboxylic acids is 2. The minimum Gasteiger partial charge on any atom is -0.436 e. The largest absolute Gasteiger partial charge is 0.436 e. The van der Waals surface area contributed by atoms with Gasteiger partial charge in [-0.05, 0) is 30.5 Å². The van der Waals surface area contributed by atoms with Gasteiger partial charge in [-0.3, -0.25) is 4.79 Å². The van der Waals surface area contributed by atoms with E-state index in [-0.39, 0.29) is 30.0 Å². The molecule has 0 spiro atoms. The molecule has 1 aliphatic heterocycles. The van der Waals surface area contributed by atoms with Crippen molar-refractivity contribution in [2.45, 2.75) is 25.3 Å². The van der Waals surface area contributed by atoms with Gasteiger partial charge in [0.05, 0.1) is 10.0 Å². The summed E-state index contributed by atoms with van der Waals surface area (Å²) in [5, 5.41) is 5.36. The Morgan fingerprint density at radius 1 is 1.41 bits per heavy atom. The summed E-state index contributed by atoms with van der Waals surface area (Å²) in [6, 6.07) is 4.31. The molecule has 29 heavy (non-hydrogen) atoms. The minimum absolute atomic E-state index is 0.0159. The molecule has 9 heteroatoms. The monoisotopic (exact) mass is 435 g/mol. The third-order valence-corrected chi connectivity index (χ3v) is 5.87. The van der Waals surface area contributed by atoms with E-state index >= 15 is 0 Å². The van der Waals surface area contributed by atoms with Crippen LogP contribution >= 0.6 is 22.9 Å². The van der Waals surface area contributed by atoms with Crippen LogP contribution in [0.1, 0.15) is 39.8 Å². The summed E-state index contributed by atoms with van der Waals surface area (Å²) in [5.41, 5.74) is 1.04. The number of rotatable bonds is 5. The Labute approximate surface area is 177 Å². The molecule has 3 rings (SSSR count). The molecule has 1 aliphatic rings. The average Bonchev–Trinajstić information content (AvgIpc) is 3.23. The molecule has 1 fully saturated rings. The Bertz CT molecular complexity index is 935. The number of terminal acetylenes is 1. The number of halogens is 2. The molecule has 0 saturated carbocycles. The predicted octanol–water partition coefficient (Wildman–Crippen LogP) is 3.81. The summed E-state index contributed by atoms with van der Waals surface area (Å²) in [5.74, 6) is 1.66. The first-order valence-electron chi connectivity index (χ1n) is 9.00. The number of likely N-dealkylation sites (tertiary alicyclic amines) is 1. The van der Waals surface area contributed by atoms with Crippen molar-refractivity contribution in [3.05, 3.63) is 50.7 Å². The second-order valence-electron chi connectivity index (χ2n) is 6.52. The number of nitrogens with one attached hydrogen (secondary N) is 1. The molecule has 6 nitrogen and oxygen atoms in total. The van der Waals surface area contributed by atoms with E-state index in [4.69, 9.17) is 22.8 Å². The zero-order valence-electron chi connectivity index (χ0n) is 15.5. The van der Waals surface area contributed by atoms with E-state index in [2.05, 4.69) is 16.2 Å². The van der Waals surface area contributed by atoms with Crippen molar-refractivity contribution in [2.75, 3.05) is 19.7 Å². The lowest BCUT2D eigenvalue weighted by Crippen LogP contribution is -2.38. The normalized spacial score (nSPS) is 14.3. The molecule has 1 N–H and O–H groups in total. The maximum atomic E-state index is 13.2. The average molecular weight is 436 g/mol. The molecule has 0 aliphatic carbocycles. The molecule has 2 aromatic rings. The van der Waals surface area contributed by atoms with Crippen LogP contribution in [0.4, 0.5) is 9.18 Å². The lowest BCUT2D eigenvalue weighted by atomic mass is 9.98. The third-order valence-electron chi connectivity index (χ3n) is 4.57. The Kier molecular flexibility index (Phi) is 7.07. The van der Waals surface area contributed by atoms with Crippen LogP contribution in [0, 0.1) is 18.2 Å². The van der Waals surface area contributed by atoms with Crippen LogP contribution in [0.15, 0.2) is 23.6 Å². The first kappa shape index (κ1) is 21.1. The van der Waals surface area contributed by atoms with Crippen LogP contribution in [0.2, 0.25) is 5.02 Å². The number of amides is 2.